The van der Waals surface area contributed by atoms with Gasteiger partial charge in [0.25, 0.3) is 0 Å². The lowest BCUT2D eigenvalue weighted by Gasteiger charge is -1.95. The van der Waals surface area contributed by atoms with Gasteiger partial charge in [-0.15, -0.1) is 0 Å². The molecule has 0 aliphatic heterocycles. The van der Waals surface area contributed by atoms with Crippen LogP contribution in [0.5, 0.6) is 0 Å². The molecule has 2 rings (SSSR count). The number of rotatable bonds is 1. The van der Waals surface area contributed by atoms with Crippen molar-refractivity contribution in [1.82, 2.24) is 9.97 Å². The van der Waals surface area contributed by atoms with E-state index in [1.165, 1.54) is 0 Å². The third-order valence-electron chi connectivity index (χ3n) is 1.63. The lowest BCUT2D eigenvalue weighted by atomic mass is 10.3. The van der Waals surface area contributed by atoms with E-state index >= 15 is 0 Å². The highest BCUT2D eigenvalue weighted by atomic mass is 14.8. The molecule has 0 amide bonds. The lowest BCUT2D eigenvalue weighted by Crippen LogP contribution is -1.86. The topological polar surface area (TPSA) is 25.8 Å². The smallest absolute Gasteiger partial charge is 0.0894 e. The van der Waals surface area contributed by atoms with Crippen molar-refractivity contribution in [2.45, 2.75) is 0 Å². The molecule has 12 heavy (non-hydrogen) atoms. The Hall–Kier alpha value is -1.70. The van der Waals surface area contributed by atoms with E-state index in [4.69, 9.17) is 0 Å². The summed E-state index contributed by atoms with van der Waals surface area (Å²) in [5.74, 6) is 0. The summed E-state index contributed by atoms with van der Waals surface area (Å²) in [5.41, 5.74) is 2.47. The van der Waals surface area contributed by atoms with Crippen LogP contribution >= 0.6 is 0 Å². The largest absolute Gasteiger partial charge is 0.252 e. The molecule has 0 atom stereocenters. The van der Waals surface area contributed by atoms with E-state index in [1.54, 1.807) is 6.20 Å². The molecule has 0 N–H and O–H groups in total. The van der Waals surface area contributed by atoms with E-state index in [2.05, 4.69) is 22.6 Å². The first kappa shape index (κ1) is 6.98. The van der Waals surface area contributed by atoms with Crippen LogP contribution in [0.2, 0.25) is 0 Å². The number of para-hydroxylation sites is 2. The predicted octanol–water partition coefficient (Wildman–Crippen LogP) is 1.97. The van der Waals surface area contributed by atoms with Crippen LogP contribution in [0.25, 0.3) is 11.0 Å². The van der Waals surface area contributed by atoms with Gasteiger partial charge in [-0.05, 0) is 12.1 Å². The molecule has 1 radical (unpaired) electrons. The number of fused-ring (bicyclic) bond motifs is 1. The summed E-state index contributed by atoms with van der Waals surface area (Å²) in [6.07, 6.45) is 4.36. The van der Waals surface area contributed by atoms with Gasteiger partial charge in [-0.3, -0.25) is 4.98 Å². The van der Waals surface area contributed by atoms with Crippen molar-refractivity contribution in [2.24, 2.45) is 0 Å². The Morgan fingerprint density at radius 2 is 1.92 bits per heavy atom. The van der Waals surface area contributed by atoms with Crippen molar-refractivity contribution < 1.29 is 0 Å². The fourth-order valence-electron chi connectivity index (χ4n) is 1.04. The van der Waals surface area contributed by atoms with Crippen LogP contribution in [0, 0.1) is 6.08 Å². The van der Waals surface area contributed by atoms with Crippen LogP contribution in [-0.2, 0) is 0 Å². The van der Waals surface area contributed by atoms with Crippen molar-refractivity contribution in [3.05, 3.63) is 48.8 Å². The molecule has 2 heteroatoms. The molecule has 1 aromatic carbocycles. The standard InChI is InChI=1S/C10H7N2/c1-2-8-7-11-9-5-3-4-6-10(9)12-8/h3-7H,1H2. The second-order valence-corrected chi connectivity index (χ2v) is 2.42. The molecule has 0 aliphatic rings. The number of hydrogen-bond donors (Lipinski definition) is 0. The molecule has 2 nitrogen and oxygen atoms in total. The van der Waals surface area contributed by atoms with E-state index in [9.17, 15) is 0 Å². The molecule has 2 aromatic rings. The van der Waals surface area contributed by atoms with E-state index < -0.39 is 0 Å². The summed E-state index contributed by atoms with van der Waals surface area (Å²) >= 11 is 0. The second kappa shape index (κ2) is 2.74. The van der Waals surface area contributed by atoms with E-state index in [0.717, 1.165) is 11.0 Å². The number of aromatic nitrogens is 2. The molecular weight excluding hydrogens is 148 g/mol. The molecule has 0 spiro atoms. The van der Waals surface area contributed by atoms with E-state index in [1.807, 2.05) is 24.3 Å². The van der Waals surface area contributed by atoms with Gasteiger partial charge in [0.05, 0.1) is 22.9 Å². The molecule has 1 heterocycles. The summed E-state index contributed by atoms with van der Waals surface area (Å²) in [5, 5.41) is 0. The zero-order valence-electron chi connectivity index (χ0n) is 6.49. The number of nitrogens with zero attached hydrogens (tertiary/aromatic N) is 2. The van der Waals surface area contributed by atoms with Gasteiger partial charge in [0.2, 0.25) is 0 Å². The second-order valence-electron chi connectivity index (χ2n) is 2.42. The van der Waals surface area contributed by atoms with Crippen molar-refractivity contribution >= 4 is 11.0 Å². The molecule has 0 aliphatic carbocycles. The number of hydrogen-bond acceptors (Lipinski definition) is 2. The Labute approximate surface area is 70.6 Å². The minimum Gasteiger partial charge on any atom is -0.252 e. The minimum absolute atomic E-state index is 0.689. The Kier molecular flexibility index (Phi) is 1.59. The molecule has 57 valence electrons. The maximum Gasteiger partial charge on any atom is 0.0894 e. The normalized spacial score (nSPS) is 10.0. The molecule has 0 unspecified atom stereocenters. The van der Waals surface area contributed by atoms with Gasteiger partial charge in [-0.2, -0.15) is 0 Å². The summed E-state index contributed by atoms with van der Waals surface area (Å²) in [7, 11) is 0. The van der Waals surface area contributed by atoms with E-state index in [-0.39, 0.29) is 0 Å². The number of benzene rings is 1. The maximum absolute atomic E-state index is 4.26. The third kappa shape index (κ3) is 1.07. The molecule has 1 aromatic heterocycles. The SMILES string of the molecule is C=[C]c1cnc2ccccc2n1. The Morgan fingerprint density at radius 1 is 1.17 bits per heavy atom. The maximum atomic E-state index is 4.26. The van der Waals surface area contributed by atoms with Crippen molar-refractivity contribution in [3.8, 4) is 0 Å². The first-order valence-corrected chi connectivity index (χ1v) is 3.65. The van der Waals surface area contributed by atoms with Crippen LogP contribution in [0.15, 0.2) is 37.0 Å². The van der Waals surface area contributed by atoms with Gasteiger partial charge in [-0.25, -0.2) is 4.98 Å². The van der Waals surface area contributed by atoms with Gasteiger partial charge in [0.1, 0.15) is 0 Å². The van der Waals surface area contributed by atoms with Crippen molar-refractivity contribution in [1.29, 1.82) is 0 Å². The van der Waals surface area contributed by atoms with Crippen LogP contribution in [0.4, 0.5) is 0 Å². The lowest BCUT2D eigenvalue weighted by molar-refractivity contribution is 1.23. The van der Waals surface area contributed by atoms with Crippen molar-refractivity contribution in [3.63, 3.8) is 0 Å². The fraction of sp³-hybridized carbons (Fsp3) is 0. The first-order chi connectivity index (χ1) is 5.90. The van der Waals surface area contributed by atoms with Crippen LogP contribution in [-0.4, -0.2) is 9.97 Å². The quantitative estimate of drug-likeness (QED) is 0.629. The van der Waals surface area contributed by atoms with Crippen LogP contribution < -0.4 is 0 Å². The predicted molar refractivity (Wildman–Crippen MR) is 47.5 cm³/mol. The highest BCUT2D eigenvalue weighted by Gasteiger charge is 1.94. The summed E-state index contributed by atoms with van der Waals surface area (Å²) in [4.78, 5) is 8.44. The minimum atomic E-state index is 0.689. The monoisotopic (exact) mass is 155 g/mol. The van der Waals surface area contributed by atoms with Crippen molar-refractivity contribution in [2.75, 3.05) is 0 Å². The van der Waals surface area contributed by atoms with Gasteiger partial charge in [0.15, 0.2) is 0 Å². The van der Waals surface area contributed by atoms with Gasteiger partial charge in [-0.1, -0.05) is 18.7 Å². The molecule has 0 fully saturated rings. The molecular formula is C10H7N2. The summed E-state index contributed by atoms with van der Waals surface area (Å²) < 4.78 is 0. The van der Waals surface area contributed by atoms with Gasteiger partial charge in [0, 0.05) is 6.08 Å². The average Bonchev–Trinajstić information content (AvgIpc) is 2.17. The third-order valence-corrected chi connectivity index (χ3v) is 1.63. The average molecular weight is 155 g/mol. The highest BCUT2D eigenvalue weighted by Crippen LogP contribution is 2.07. The summed E-state index contributed by atoms with van der Waals surface area (Å²) in [6.45, 7) is 3.51. The molecule has 0 bridgehead atoms. The zero-order chi connectivity index (χ0) is 8.39. The molecule has 0 saturated heterocycles. The van der Waals surface area contributed by atoms with Crippen LogP contribution in [0.3, 0.4) is 0 Å². The van der Waals surface area contributed by atoms with Gasteiger partial charge < -0.3 is 0 Å². The fourth-order valence-corrected chi connectivity index (χ4v) is 1.04. The highest BCUT2D eigenvalue weighted by molar-refractivity contribution is 5.73. The first-order valence-electron chi connectivity index (χ1n) is 3.65. The molecule has 0 saturated carbocycles. The van der Waals surface area contributed by atoms with Crippen LogP contribution in [0.1, 0.15) is 5.69 Å². The Bertz CT molecular complexity index is 421. The zero-order valence-corrected chi connectivity index (χ0v) is 6.49. The Morgan fingerprint density at radius 3 is 2.67 bits per heavy atom. The van der Waals surface area contributed by atoms with E-state index in [0.29, 0.717) is 5.69 Å². The Balaban J connectivity index is 2.75. The van der Waals surface area contributed by atoms with Gasteiger partial charge >= 0.3 is 0 Å². The summed E-state index contributed by atoms with van der Waals surface area (Å²) in [6, 6.07) is 7.72.